The van der Waals surface area contributed by atoms with E-state index in [0.29, 0.717) is 5.56 Å². The van der Waals surface area contributed by atoms with Gasteiger partial charge < -0.3 is 0 Å². The first kappa shape index (κ1) is 17.0. The molecule has 2 aromatic carbocycles. The average molecular weight is 322 g/mol. The van der Waals surface area contributed by atoms with E-state index in [2.05, 4.69) is 52.0 Å². The average Bonchev–Trinajstić information content (AvgIpc) is 2.52. The van der Waals surface area contributed by atoms with E-state index in [1.807, 2.05) is 19.1 Å². The van der Waals surface area contributed by atoms with Crippen LogP contribution in [0.1, 0.15) is 69.7 Å². The predicted molar refractivity (Wildman–Crippen MR) is 102 cm³/mol. The van der Waals surface area contributed by atoms with Crippen LogP contribution in [0.4, 0.5) is 4.39 Å². The molecule has 0 saturated heterocycles. The van der Waals surface area contributed by atoms with Gasteiger partial charge in [-0.15, -0.1) is 0 Å². The maximum Gasteiger partial charge on any atom is 0.130 e. The Hall–Kier alpha value is -1.89. The van der Waals surface area contributed by atoms with E-state index < -0.39 is 0 Å². The van der Waals surface area contributed by atoms with Crippen molar-refractivity contribution in [2.75, 3.05) is 0 Å². The normalized spacial score (nSPS) is 19.0. The van der Waals surface area contributed by atoms with Gasteiger partial charge in [-0.1, -0.05) is 70.2 Å². The smallest absolute Gasteiger partial charge is 0.130 e. The summed E-state index contributed by atoms with van der Waals surface area (Å²) in [5.41, 5.74) is 6.11. The zero-order valence-corrected chi connectivity index (χ0v) is 15.4. The standard InChI is InChI=1S/C23H27F/c1-16(18-8-6-7-9-21(18)24)14-17-10-11-19-20(15-17)23(4,5)13-12-22(19,2)3/h6-11,14-15H,12-13H2,1-5H3. The van der Waals surface area contributed by atoms with Crippen molar-refractivity contribution < 1.29 is 4.39 Å². The molecule has 0 aliphatic heterocycles. The van der Waals surface area contributed by atoms with Gasteiger partial charge in [-0.2, -0.15) is 0 Å². The van der Waals surface area contributed by atoms with Crippen LogP contribution in [0.15, 0.2) is 42.5 Å². The zero-order chi connectivity index (χ0) is 17.5. The molecule has 0 radical (unpaired) electrons. The Morgan fingerprint density at radius 2 is 1.54 bits per heavy atom. The molecule has 0 unspecified atom stereocenters. The molecule has 0 fully saturated rings. The molecule has 126 valence electrons. The largest absolute Gasteiger partial charge is 0.206 e. The van der Waals surface area contributed by atoms with Crippen molar-refractivity contribution in [3.63, 3.8) is 0 Å². The Labute approximate surface area is 145 Å². The summed E-state index contributed by atoms with van der Waals surface area (Å²) in [5.74, 6) is -0.161. The van der Waals surface area contributed by atoms with Crippen molar-refractivity contribution in [2.24, 2.45) is 0 Å². The summed E-state index contributed by atoms with van der Waals surface area (Å²) in [6.07, 6.45) is 4.51. The molecule has 0 heterocycles. The number of rotatable bonds is 2. The fourth-order valence-corrected chi connectivity index (χ4v) is 3.80. The Kier molecular flexibility index (Phi) is 4.15. The Bertz CT molecular complexity index is 793. The van der Waals surface area contributed by atoms with Crippen LogP contribution in [0.25, 0.3) is 11.6 Å². The second-order valence-electron chi connectivity index (χ2n) is 8.38. The lowest BCUT2D eigenvalue weighted by Crippen LogP contribution is -2.33. The summed E-state index contributed by atoms with van der Waals surface area (Å²) in [7, 11) is 0. The van der Waals surface area contributed by atoms with Crippen LogP contribution in [-0.4, -0.2) is 0 Å². The maximum atomic E-state index is 14.0. The molecule has 0 aromatic heterocycles. The number of halogens is 1. The van der Waals surface area contributed by atoms with Gasteiger partial charge in [0, 0.05) is 5.56 Å². The summed E-state index contributed by atoms with van der Waals surface area (Å²) in [5, 5.41) is 0. The minimum Gasteiger partial charge on any atom is -0.206 e. The molecule has 1 heteroatoms. The third kappa shape index (κ3) is 3.05. The van der Waals surface area contributed by atoms with E-state index in [1.54, 1.807) is 6.07 Å². The van der Waals surface area contributed by atoms with E-state index in [-0.39, 0.29) is 16.6 Å². The van der Waals surface area contributed by atoms with Gasteiger partial charge in [-0.25, -0.2) is 4.39 Å². The molecule has 0 N–H and O–H groups in total. The summed E-state index contributed by atoms with van der Waals surface area (Å²) in [6.45, 7) is 11.3. The van der Waals surface area contributed by atoms with Gasteiger partial charge >= 0.3 is 0 Å². The van der Waals surface area contributed by atoms with Crippen molar-refractivity contribution in [3.8, 4) is 0 Å². The van der Waals surface area contributed by atoms with Crippen LogP contribution in [0.5, 0.6) is 0 Å². The summed E-state index contributed by atoms with van der Waals surface area (Å²) in [6, 6.07) is 13.7. The van der Waals surface area contributed by atoms with Gasteiger partial charge in [0.15, 0.2) is 0 Å². The van der Waals surface area contributed by atoms with Gasteiger partial charge in [0.2, 0.25) is 0 Å². The first-order chi connectivity index (χ1) is 11.2. The van der Waals surface area contributed by atoms with Crippen LogP contribution in [0.2, 0.25) is 0 Å². The molecule has 0 spiro atoms. The van der Waals surface area contributed by atoms with Crippen molar-refractivity contribution >= 4 is 11.6 Å². The lowest BCUT2D eigenvalue weighted by Gasteiger charge is -2.42. The number of allylic oxidation sites excluding steroid dienone is 1. The first-order valence-electron chi connectivity index (χ1n) is 8.79. The van der Waals surface area contributed by atoms with E-state index in [4.69, 9.17) is 0 Å². The highest BCUT2D eigenvalue weighted by atomic mass is 19.1. The SMILES string of the molecule is CC(=Cc1ccc2c(c1)C(C)(C)CCC2(C)C)c1ccccc1F. The van der Waals surface area contributed by atoms with Crippen LogP contribution in [0, 0.1) is 5.82 Å². The predicted octanol–water partition coefficient (Wildman–Crippen LogP) is 6.74. The highest BCUT2D eigenvalue weighted by Crippen LogP contribution is 2.46. The Balaban J connectivity index is 2.06. The molecule has 2 aromatic rings. The maximum absolute atomic E-state index is 14.0. The minimum atomic E-state index is -0.161. The third-order valence-corrected chi connectivity index (χ3v) is 5.56. The second-order valence-corrected chi connectivity index (χ2v) is 8.38. The fraction of sp³-hybridized carbons (Fsp3) is 0.391. The minimum absolute atomic E-state index is 0.161. The summed E-state index contributed by atoms with van der Waals surface area (Å²) < 4.78 is 14.0. The summed E-state index contributed by atoms with van der Waals surface area (Å²) >= 11 is 0. The molecule has 24 heavy (non-hydrogen) atoms. The number of hydrogen-bond acceptors (Lipinski definition) is 0. The topological polar surface area (TPSA) is 0 Å². The zero-order valence-electron chi connectivity index (χ0n) is 15.4. The fourth-order valence-electron chi connectivity index (χ4n) is 3.80. The first-order valence-corrected chi connectivity index (χ1v) is 8.79. The molecule has 0 bridgehead atoms. The number of benzene rings is 2. The van der Waals surface area contributed by atoms with Crippen LogP contribution in [0.3, 0.4) is 0 Å². The van der Waals surface area contributed by atoms with Gasteiger partial charge in [0.05, 0.1) is 0 Å². The van der Waals surface area contributed by atoms with E-state index in [1.165, 1.54) is 30.0 Å². The number of hydrogen-bond donors (Lipinski definition) is 0. The number of fused-ring (bicyclic) bond motifs is 1. The molecule has 0 amide bonds. The van der Waals surface area contributed by atoms with E-state index in [9.17, 15) is 4.39 Å². The lowest BCUT2D eigenvalue weighted by atomic mass is 9.63. The van der Waals surface area contributed by atoms with Gasteiger partial charge in [-0.3, -0.25) is 0 Å². The molecular formula is C23H27F. The molecule has 1 aliphatic carbocycles. The van der Waals surface area contributed by atoms with Gasteiger partial charge in [0.1, 0.15) is 5.82 Å². The van der Waals surface area contributed by atoms with Crippen molar-refractivity contribution in [2.45, 2.75) is 58.3 Å². The molecular weight excluding hydrogens is 295 g/mol. The highest BCUT2D eigenvalue weighted by Gasteiger charge is 2.36. The van der Waals surface area contributed by atoms with Crippen molar-refractivity contribution in [1.29, 1.82) is 0 Å². The van der Waals surface area contributed by atoms with Gasteiger partial charge in [-0.05, 0) is 58.9 Å². The summed E-state index contributed by atoms with van der Waals surface area (Å²) in [4.78, 5) is 0. The molecule has 0 atom stereocenters. The highest BCUT2D eigenvalue weighted by molar-refractivity contribution is 5.80. The van der Waals surface area contributed by atoms with Crippen LogP contribution in [-0.2, 0) is 10.8 Å². The van der Waals surface area contributed by atoms with Crippen molar-refractivity contribution in [3.05, 3.63) is 70.5 Å². The monoisotopic (exact) mass is 322 g/mol. The van der Waals surface area contributed by atoms with E-state index in [0.717, 1.165) is 11.1 Å². The van der Waals surface area contributed by atoms with Crippen LogP contribution >= 0.6 is 0 Å². The lowest BCUT2D eigenvalue weighted by molar-refractivity contribution is 0.332. The molecule has 0 nitrogen and oxygen atoms in total. The molecule has 1 aliphatic rings. The quantitative estimate of drug-likeness (QED) is 0.537. The Morgan fingerprint density at radius 3 is 2.21 bits per heavy atom. The van der Waals surface area contributed by atoms with E-state index >= 15 is 0 Å². The van der Waals surface area contributed by atoms with Gasteiger partial charge in [0.25, 0.3) is 0 Å². The third-order valence-electron chi connectivity index (χ3n) is 5.56. The van der Waals surface area contributed by atoms with Crippen molar-refractivity contribution in [1.82, 2.24) is 0 Å². The van der Waals surface area contributed by atoms with Crippen LogP contribution < -0.4 is 0 Å². The molecule has 3 rings (SSSR count). The second kappa shape index (κ2) is 5.88. The molecule has 0 saturated carbocycles. The Morgan fingerprint density at radius 1 is 0.917 bits per heavy atom.